The number of methoxy groups -OCH3 is 1. The van der Waals surface area contributed by atoms with Crippen LogP contribution in [0.1, 0.15) is 24.3 Å². The van der Waals surface area contributed by atoms with Crippen molar-refractivity contribution in [2.24, 2.45) is 10.9 Å². The number of rotatable bonds is 3. The van der Waals surface area contributed by atoms with Crippen molar-refractivity contribution < 1.29 is 18.7 Å². The van der Waals surface area contributed by atoms with E-state index in [1.54, 1.807) is 29.7 Å². The first-order chi connectivity index (χ1) is 16.9. The molecule has 0 aliphatic carbocycles. The van der Waals surface area contributed by atoms with Gasteiger partial charge in [0.05, 0.1) is 22.7 Å². The Hall–Kier alpha value is -3.62. The Labute approximate surface area is 208 Å². The number of carbonyl (C=O) groups is 1. The van der Waals surface area contributed by atoms with Crippen LogP contribution >= 0.6 is 22.9 Å². The van der Waals surface area contributed by atoms with Crippen molar-refractivity contribution in [3.05, 3.63) is 96.7 Å². The third-order valence-corrected chi connectivity index (χ3v) is 7.69. The van der Waals surface area contributed by atoms with Crippen LogP contribution in [0.15, 0.2) is 74.9 Å². The van der Waals surface area contributed by atoms with Crippen molar-refractivity contribution >= 4 is 35.0 Å². The molecule has 0 amide bonds. The molecule has 0 N–H and O–H groups in total. The van der Waals surface area contributed by atoms with Gasteiger partial charge in [-0.15, -0.1) is 0 Å². The van der Waals surface area contributed by atoms with E-state index in [0.29, 0.717) is 31.6 Å². The fourth-order valence-electron chi connectivity index (χ4n) is 4.80. The average Bonchev–Trinajstić information content (AvgIpc) is 3.42. The zero-order valence-corrected chi connectivity index (χ0v) is 20.3. The lowest BCUT2D eigenvalue weighted by molar-refractivity contribution is -0.158. The van der Waals surface area contributed by atoms with Crippen LogP contribution in [0, 0.1) is 5.92 Å². The molecule has 176 valence electrons. The first-order valence-corrected chi connectivity index (χ1v) is 12.1. The number of esters is 1. The number of nitrogens with zero attached hydrogens (tertiary/aromatic N) is 2. The number of halogens is 1. The lowest BCUT2D eigenvalue weighted by Gasteiger charge is -2.44. The van der Waals surface area contributed by atoms with Gasteiger partial charge in [0.2, 0.25) is 5.72 Å². The van der Waals surface area contributed by atoms with Crippen molar-refractivity contribution in [3.63, 3.8) is 0 Å². The summed E-state index contributed by atoms with van der Waals surface area (Å²) in [6, 6.07) is 17.8. The van der Waals surface area contributed by atoms with Crippen LogP contribution < -0.4 is 19.6 Å². The molecule has 2 aromatic carbocycles. The standard InChI is InChI=1S/C26H19ClN2O5S/c1-26-21(24(31)32-2)22(16-8-4-6-10-19(16)34-26)29-23(30)20(35-25(29)28-26)13-14-11-12-18(33-14)15-7-3-5-9-17(15)27/h3-13,21-22H,1-2H3/b20-13+/t21-,22+,26+/m1/s1. The molecule has 0 saturated heterocycles. The summed E-state index contributed by atoms with van der Waals surface area (Å²) >= 11 is 7.52. The number of hydrogen-bond donors (Lipinski definition) is 0. The number of para-hydroxylation sites is 1. The highest BCUT2D eigenvalue weighted by Crippen LogP contribution is 2.47. The van der Waals surface area contributed by atoms with E-state index in [1.807, 2.05) is 48.5 Å². The van der Waals surface area contributed by atoms with Gasteiger partial charge in [-0.1, -0.05) is 53.3 Å². The van der Waals surface area contributed by atoms with Crippen molar-refractivity contribution in [2.45, 2.75) is 18.7 Å². The van der Waals surface area contributed by atoms with Crippen LogP contribution in [0.25, 0.3) is 17.4 Å². The number of carbonyl (C=O) groups excluding carboxylic acids is 1. The Morgan fingerprint density at radius 3 is 2.74 bits per heavy atom. The molecule has 4 aromatic rings. The largest absolute Gasteiger partial charge is 0.469 e. The summed E-state index contributed by atoms with van der Waals surface area (Å²) in [6.45, 7) is 1.75. The molecule has 0 unspecified atom stereocenters. The van der Waals surface area contributed by atoms with Crippen molar-refractivity contribution in [2.75, 3.05) is 7.11 Å². The normalized spacial score (nSPS) is 22.5. The minimum atomic E-state index is -1.21. The summed E-state index contributed by atoms with van der Waals surface area (Å²) < 4.78 is 19.3. The number of hydrogen-bond acceptors (Lipinski definition) is 7. The second-order valence-corrected chi connectivity index (χ2v) is 9.92. The summed E-state index contributed by atoms with van der Waals surface area (Å²) in [6.07, 6.45) is 1.68. The number of benzene rings is 2. The number of thiazole rings is 1. The lowest BCUT2D eigenvalue weighted by atomic mass is 9.81. The second-order valence-electron chi connectivity index (χ2n) is 8.50. The van der Waals surface area contributed by atoms with Crippen molar-refractivity contribution in [3.8, 4) is 17.1 Å². The lowest BCUT2D eigenvalue weighted by Crippen LogP contribution is -2.58. The van der Waals surface area contributed by atoms with Gasteiger partial charge in [-0.3, -0.25) is 14.2 Å². The molecule has 4 heterocycles. The van der Waals surface area contributed by atoms with Crippen LogP contribution in [-0.2, 0) is 9.53 Å². The number of ether oxygens (including phenoxy) is 2. The van der Waals surface area contributed by atoms with E-state index >= 15 is 0 Å². The summed E-state index contributed by atoms with van der Waals surface area (Å²) in [5, 5.41) is 0.576. The molecule has 0 saturated carbocycles. The van der Waals surface area contributed by atoms with Gasteiger partial charge in [0.15, 0.2) is 4.80 Å². The maximum atomic E-state index is 13.6. The summed E-state index contributed by atoms with van der Waals surface area (Å²) in [5.74, 6) is 0.399. The van der Waals surface area contributed by atoms with Crippen LogP contribution in [-0.4, -0.2) is 23.4 Å². The van der Waals surface area contributed by atoms with Crippen LogP contribution in [0.3, 0.4) is 0 Å². The third-order valence-electron chi connectivity index (χ3n) is 6.37. The van der Waals surface area contributed by atoms with E-state index in [1.165, 1.54) is 18.4 Å². The zero-order valence-electron chi connectivity index (χ0n) is 18.7. The fourth-order valence-corrected chi connectivity index (χ4v) is 6.10. The first-order valence-electron chi connectivity index (χ1n) is 10.9. The molecule has 2 aliphatic rings. The van der Waals surface area contributed by atoms with E-state index in [0.717, 1.165) is 11.1 Å². The summed E-state index contributed by atoms with van der Waals surface area (Å²) in [5.41, 5.74) is 0.0364. The van der Waals surface area contributed by atoms with Crippen LogP contribution in [0.2, 0.25) is 5.02 Å². The highest BCUT2D eigenvalue weighted by molar-refractivity contribution is 7.07. The van der Waals surface area contributed by atoms with Crippen LogP contribution in [0.4, 0.5) is 0 Å². The molecule has 6 rings (SSSR count). The Bertz CT molecular complexity index is 1670. The van der Waals surface area contributed by atoms with Gasteiger partial charge in [0.25, 0.3) is 5.56 Å². The fraction of sp³-hybridized carbons (Fsp3) is 0.192. The summed E-state index contributed by atoms with van der Waals surface area (Å²) in [7, 11) is 1.33. The minimum absolute atomic E-state index is 0.262. The third kappa shape index (κ3) is 3.36. The smallest absolute Gasteiger partial charge is 0.317 e. The Kier molecular flexibility index (Phi) is 4.98. The Balaban J connectivity index is 1.52. The SMILES string of the molecule is COC(=O)[C@H]1[C@@H]2c3ccccc3O[C@]1(C)N=c1s/c(=C/c3ccc(-c4ccccc4Cl)o3)c(=O)n12. The van der Waals surface area contributed by atoms with Gasteiger partial charge in [-0.25, -0.2) is 4.99 Å². The van der Waals surface area contributed by atoms with E-state index < -0.39 is 23.7 Å². The Morgan fingerprint density at radius 1 is 1.17 bits per heavy atom. The minimum Gasteiger partial charge on any atom is -0.469 e. The molecular formula is C26H19ClN2O5S. The molecular weight excluding hydrogens is 488 g/mol. The average molecular weight is 507 g/mol. The second kappa shape index (κ2) is 7.96. The van der Waals surface area contributed by atoms with Crippen molar-refractivity contribution in [1.29, 1.82) is 0 Å². The quantitative estimate of drug-likeness (QED) is 0.395. The molecule has 0 radical (unpaired) electrons. The molecule has 0 spiro atoms. The predicted octanol–water partition coefficient (Wildman–Crippen LogP) is 3.77. The highest BCUT2D eigenvalue weighted by atomic mass is 35.5. The number of furan rings is 1. The van der Waals surface area contributed by atoms with Gasteiger partial charge in [0.1, 0.15) is 23.2 Å². The highest BCUT2D eigenvalue weighted by Gasteiger charge is 2.55. The zero-order chi connectivity index (χ0) is 24.3. The van der Waals surface area contributed by atoms with Crippen LogP contribution in [0.5, 0.6) is 5.75 Å². The molecule has 2 aromatic heterocycles. The summed E-state index contributed by atoms with van der Waals surface area (Å²) in [4.78, 5) is 31.7. The van der Waals surface area contributed by atoms with E-state index in [4.69, 9.17) is 30.5 Å². The van der Waals surface area contributed by atoms with Gasteiger partial charge in [0, 0.05) is 17.2 Å². The molecule has 35 heavy (non-hydrogen) atoms. The monoisotopic (exact) mass is 506 g/mol. The van der Waals surface area contributed by atoms with Gasteiger partial charge in [-0.05, 0) is 37.3 Å². The van der Waals surface area contributed by atoms with E-state index in [-0.39, 0.29) is 5.56 Å². The van der Waals surface area contributed by atoms with Gasteiger partial charge >= 0.3 is 5.97 Å². The van der Waals surface area contributed by atoms with Gasteiger partial charge < -0.3 is 13.9 Å². The topological polar surface area (TPSA) is 83.0 Å². The molecule has 0 fully saturated rings. The molecule has 3 atom stereocenters. The molecule has 2 aliphatic heterocycles. The number of aromatic nitrogens is 1. The number of fused-ring (bicyclic) bond motifs is 6. The van der Waals surface area contributed by atoms with E-state index in [2.05, 4.69) is 0 Å². The molecule has 9 heteroatoms. The molecule has 7 nitrogen and oxygen atoms in total. The predicted molar refractivity (Wildman–Crippen MR) is 131 cm³/mol. The Morgan fingerprint density at radius 2 is 1.94 bits per heavy atom. The van der Waals surface area contributed by atoms with Crippen molar-refractivity contribution in [1.82, 2.24) is 4.57 Å². The van der Waals surface area contributed by atoms with E-state index in [9.17, 15) is 9.59 Å². The van der Waals surface area contributed by atoms with Gasteiger partial charge in [-0.2, -0.15) is 0 Å². The maximum Gasteiger partial charge on any atom is 0.317 e. The maximum absolute atomic E-state index is 13.6. The molecule has 2 bridgehead atoms. The first kappa shape index (κ1) is 21.9.